The SMILES string of the molecule is NC(=O)c1ccccc1OCc1cccc(C(=O)N2CCOC[C@@H]2C(=O)O)c1. The van der Waals surface area contributed by atoms with Gasteiger partial charge in [-0.1, -0.05) is 24.3 Å². The van der Waals surface area contributed by atoms with Crippen LogP contribution in [-0.2, 0) is 16.1 Å². The Morgan fingerprint density at radius 1 is 1.18 bits per heavy atom. The van der Waals surface area contributed by atoms with Crippen LogP contribution in [0.1, 0.15) is 26.3 Å². The maximum atomic E-state index is 12.8. The molecular formula is C20H20N2O6. The van der Waals surface area contributed by atoms with Gasteiger partial charge in [-0.15, -0.1) is 0 Å². The van der Waals surface area contributed by atoms with E-state index in [9.17, 15) is 19.5 Å². The smallest absolute Gasteiger partial charge is 0.328 e. The van der Waals surface area contributed by atoms with Gasteiger partial charge < -0.3 is 25.2 Å². The van der Waals surface area contributed by atoms with Crippen LogP contribution in [0.2, 0.25) is 0 Å². The van der Waals surface area contributed by atoms with E-state index in [2.05, 4.69) is 0 Å². The van der Waals surface area contributed by atoms with E-state index in [1.165, 1.54) is 4.90 Å². The van der Waals surface area contributed by atoms with Crippen molar-refractivity contribution in [2.75, 3.05) is 19.8 Å². The van der Waals surface area contributed by atoms with Crippen LogP contribution in [-0.4, -0.2) is 53.6 Å². The summed E-state index contributed by atoms with van der Waals surface area (Å²) in [5.41, 5.74) is 6.67. The Morgan fingerprint density at radius 2 is 1.96 bits per heavy atom. The summed E-state index contributed by atoms with van der Waals surface area (Å²) in [5.74, 6) is -1.72. The molecule has 1 fully saturated rings. The molecule has 1 heterocycles. The number of carboxylic acid groups (broad SMARTS) is 1. The highest BCUT2D eigenvalue weighted by Gasteiger charge is 2.33. The molecule has 2 amide bonds. The molecule has 1 aliphatic heterocycles. The molecule has 8 nitrogen and oxygen atoms in total. The van der Waals surface area contributed by atoms with Gasteiger partial charge in [-0.05, 0) is 29.8 Å². The number of carbonyl (C=O) groups is 3. The average Bonchev–Trinajstić information content (AvgIpc) is 2.72. The van der Waals surface area contributed by atoms with Crippen LogP contribution >= 0.6 is 0 Å². The van der Waals surface area contributed by atoms with Crippen molar-refractivity contribution < 1.29 is 29.0 Å². The molecule has 0 spiro atoms. The van der Waals surface area contributed by atoms with Crippen molar-refractivity contribution in [3.63, 3.8) is 0 Å². The highest BCUT2D eigenvalue weighted by molar-refractivity contribution is 5.97. The van der Waals surface area contributed by atoms with E-state index in [1.54, 1.807) is 48.5 Å². The zero-order valence-electron chi connectivity index (χ0n) is 15.0. The maximum Gasteiger partial charge on any atom is 0.328 e. The molecule has 1 aliphatic rings. The van der Waals surface area contributed by atoms with Gasteiger partial charge in [0.1, 0.15) is 12.4 Å². The second-order valence-electron chi connectivity index (χ2n) is 6.28. The van der Waals surface area contributed by atoms with Gasteiger partial charge in [0.15, 0.2) is 6.04 Å². The number of aliphatic carboxylic acids is 1. The topological polar surface area (TPSA) is 119 Å². The first-order valence-corrected chi connectivity index (χ1v) is 8.69. The van der Waals surface area contributed by atoms with Crippen molar-refractivity contribution in [3.8, 4) is 5.75 Å². The molecule has 3 rings (SSSR count). The molecule has 0 bridgehead atoms. The van der Waals surface area contributed by atoms with Crippen LogP contribution in [0.25, 0.3) is 0 Å². The second-order valence-corrected chi connectivity index (χ2v) is 6.28. The molecule has 146 valence electrons. The minimum atomic E-state index is -1.10. The predicted molar refractivity (Wildman–Crippen MR) is 99.0 cm³/mol. The lowest BCUT2D eigenvalue weighted by atomic mass is 10.1. The lowest BCUT2D eigenvalue weighted by Crippen LogP contribution is -2.52. The fraction of sp³-hybridized carbons (Fsp3) is 0.250. The van der Waals surface area contributed by atoms with Crippen molar-refractivity contribution in [3.05, 3.63) is 65.2 Å². The molecular weight excluding hydrogens is 364 g/mol. The maximum absolute atomic E-state index is 12.8. The third-order valence-electron chi connectivity index (χ3n) is 4.40. The van der Waals surface area contributed by atoms with E-state index in [1.807, 2.05) is 0 Å². The number of nitrogens with two attached hydrogens (primary N) is 1. The van der Waals surface area contributed by atoms with Crippen molar-refractivity contribution in [2.24, 2.45) is 5.73 Å². The Kier molecular flexibility index (Phi) is 5.90. The van der Waals surface area contributed by atoms with E-state index in [0.29, 0.717) is 23.5 Å². The number of benzene rings is 2. The number of ether oxygens (including phenoxy) is 2. The zero-order valence-corrected chi connectivity index (χ0v) is 15.0. The molecule has 0 saturated carbocycles. The normalized spacial score (nSPS) is 16.4. The Morgan fingerprint density at radius 3 is 2.71 bits per heavy atom. The zero-order chi connectivity index (χ0) is 20.1. The third kappa shape index (κ3) is 4.29. The fourth-order valence-electron chi connectivity index (χ4n) is 2.97. The van der Waals surface area contributed by atoms with Crippen LogP contribution in [0, 0.1) is 0 Å². The van der Waals surface area contributed by atoms with Crippen molar-refractivity contribution >= 4 is 17.8 Å². The molecule has 8 heteroatoms. The summed E-state index contributed by atoms with van der Waals surface area (Å²) in [4.78, 5) is 36.9. The van der Waals surface area contributed by atoms with Gasteiger partial charge in [-0.2, -0.15) is 0 Å². The van der Waals surface area contributed by atoms with Gasteiger partial charge in [0.05, 0.1) is 18.8 Å². The van der Waals surface area contributed by atoms with Crippen molar-refractivity contribution in [1.29, 1.82) is 0 Å². The van der Waals surface area contributed by atoms with Crippen LogP contribution < -0.4 is 10.5 Å². The Labute approximate surface area is 161 Å². The lowest BCUT2D eigenvalue weighted by molar-refractivity contribution is -0.147. The molecule has 0 aliphatic carbocycles. The number of amides is 2. The van der Waals surface area contributed by atoms with Crippen molar-refractivity contribution in [2.45, 2.75) is 12.6 Å². The van der Waals surface area contributed by atoms with Crippen molar-refractivity contribution in [1.82, 2.24) is 4.90 Å². The Balaban J connectivity index is 1.74. The standard InChI is InChI=1S/C20H20N2O6/c21-18(23)15-6-1-2-7-17(15)28-11-13-4-3-5-14(10-13)19(24)22-8-9-27-12-16(22)20(25)26/h1-7,10,16H,8-9,11-12H2,(H2,21,23)(H,25,26)/t16-/m1/s1. The van der Waals surface area contributed by atoms with Crippen LogP contribution in [0.5, 0.6) is 5.75 Å². The quantitative estimate of drug-likeness (QED) is 0.775. The predicted octanol–water partition coefficient (Wildman–Crippen LogP) is 1.29. The summed E-state index contributed by atoms with van der Waals surface area (Å²) in [6.45, 7) is 0.593. The largest absolute Gasteiger partial charge is 0.488 e. The van der Waals surface area contributed by atoms with E-state index in [-0.39, 0.29) is 31.2 Å². The number of rotatable bonds is 6. The Hall–Kier alpha value is -3.39. The molecule has 2 aromatic rings. The molecule has 0 aromatic heterocycles. The second kappa shape index (κ2) is 8.53. The van der Waals surface area contributed by atoms with E-state index >= 15 is 0 Å². The van der Waals surface area contributed by atoms with Gasteiger partial charge in [0.2, 0.25) is 0 Å². The van der Waals surface area contributed by atoms with Gasteiger partial charge in [0.25, 0.3) is 11.8 Å². The van der Waals surface area contributed by atoms with Gasteiger partial charge in [-0.3, -0.25) is 9.59 Å². The highest BCUT2D eigenvalue weighted by Crippen LogP contribution is 2.20. The first-order valence-electron chi connectivity index (χ1n) is 8.69. The minimum Gasteiger partial charge on any atom is -0.488 e. The first kappa shape index (κ1) is 19.4. The highest BCUT2D eigenvalue weighted by atomic mass is 16.5. The van der Waals surface area contributed by atoms with Crippen LogP contribution in [0.15, 0.2) is 48.5 Å². The van der Waals surface area contributed by atoms with Gasteiger partial charge in [-0.25, -0.2) is 4.79 Å². The lowest BCUT2D eigenvalue weighted by Gasteiger charge is -2.33. The summed E-state index contributed by atoms with van der Waals surface area (Å²) in [6.07, 6.45) is 0. The number of primary amides is 1. The summed E-state index contributed by atoms with van der Waals surface area (Å²) in [7, 11) is 0. The van der Waals surface area contributed by atoms with Crippen LogP contribution in [0.4, 0.5) is 0 Å². The summed E-state index contributed by atoms with van der Waals surface area (Å²) in [6, 6.07) is 12.4. The molecule has 1 saturated heterocycles. The average molecular weight is 384 g/mol. The molecule has 1 atom stereocenters. The third-order valence-corrected chi connectivity index (χ3v) is 4.40. The fourth-order valence-corrected chi connectivity index (χ4v) is 2.97. The number of hydrogen-bond acceptors (Lipinski definition) is 5. The number of para-hydroxylation sites is 1. The molecule has 3 N–H and O–H groups in total. The molecule has 2 aromatic carbocycles. The number of morpholine rings is 1. The molecule has 28 heavy (non-hydrogen) atoms. The summed E-state index contributed by atoms with van der Waals surface area (Å²) < 4.78 is 10.9. The molecule has 0 unspecified atom stereocenters. The number of carboxylic acids is 1. The summed E-state index contributed by atoms with van der Waals surface area (Å²) >= 11 is 0. The van der Waals surface area contributed by atoms with Gasteiger partial charge in [0, 0.05) is 12.1 Å². The monoisotopic (exact) mass is 384 g/mol. The van der Waals surface area contributed by atoms with E-state index in [0.717, 1.165) is 0 Å². The van der Waals surface area contributed by atoms with Gasteiger partial charge >= 0.3 is 5.97 Å². The van der Waals surface area contributed by atoms with E-state index in [4.69, 9.17) is 15.2 Å². The number of carbonyl (C=O) groups excluding carboxylic acids is 2. The molecule has 0 radical (unpaired) electrons. The van der Waals surface area contributed by atoms with Crippen LogP contribution in [0.3, 0.4) is 0 Å². The summed E-state index contributed by atoms with van der Waals surface area (Å²) in [5, 5.41) is 9.31. The van der Waals surface area contributed by atoms with E-state index < -0.39 is 17.9 Å². The minimum absolute atomic E-state index is 0.0340. The number of nitrogens with zero attached hydrogens (tertiary/aromatic N) is 1. The first-order chi connectivity index (χ1) is 13.5. The Bertz CT molecular complexity index is 898. The number of hydrogen-bond donors (Lipinski definition) is 2.